The molecule has 1 aromatic heterocycles. The van der Waals surface area contributed by atoms with E-state index >= 15 is 0 Å². The third-order valence-corrected chi connectivity index (χ3v) is 6.39. The van der Waals surface area contributed by atoms with Gasteiger partial charge in [0.2, 0.25) is 5.89 Å². The van der Waals surface area contributed by atoms with Crippen LogP contribution in [-0.2, 0) is 6.54 Å². The van der Waals surface area contributed by atoms with Crippen LogP contribution in [-0.4, -0.2) is 89.7 Å². The number of nitrogens with one attached hydrogen (secondary N) is 1. The molecule has 8 nitrogen and oxygen atoms in total. The Kier molecular flexibility index (Phi) is 6.04. The Balaban J connectivity index is 1.19. The molecule has 0 spiro atoms. The Labute approximate surface area is 161 Å². The number of piperazine rings is 1. The van der Waals surface area contributed by atoms with Crippen molar-refractivity contribution in [2.45, 2.75) is 44.7 Å². The fraction of sp³-hybridized carbons (Fsp3) is 0.842. The molecule has 0 atom stereocenters. The normalized spacial score (nSPS) is 23.5. The third kappa shape index (κ3) is 4.50. The smallest absolute Gasteiger partial charge is 0.311 e. The minimum absolute atomic E-state index is 0.108. The van der Waals surface area contributed by atoms with E-state index in [0.717, 1.165) is 38.1 Å². The minimum Gasteiger partial charge on any atom is -0.415 e. The average molecular weight is 377 g/mol. The van der Waals surface area contributed by atoms with Gasteiger partial charge in [0.15, 0.2) is 0 Å². The van der Waals surface area contributed by atoms with Gasteiger partial charge >= 0.3 is 11.8 Å². The van der Waals surface area contributed by atoms with E-state index in [1.165, 1.54) is 51.7 Å². The third-order valence-electron chi connectivity index (χ3n) is 6.39. The molecular formula is C19H32N6O2. The molecule has 3 fully saturated rings. The lowest BCUT2D eigenvalue weighted by Crippen LogP contribution is -2.51. The summed E-state index contributed by atoms with van der Waals surface area (Å²) in [5.41, 5.74) is 0. The molecule has 1 aliphatic carbocycles. The first kappa shape index (κ1) is 18.8. The quantitative estimate of drug-likeness (QED) is 0.787. The zero-order valence-electron chi connectivity index (χ0n) is 16.4. The van der Waals surface area contributed by atoms with Crippen LogP contribution in [0.5, 0.6) is 0 Å². The van der Waals surface area contributed by atoms with Crippen LogP contribution in [0, 0.1) is 5.92 Å². The molecule has 1 saturated carbocycles. The van der Waals surface area contributed by atoms with Gasteiger partial charge in [-0.3, -0.25) is 9.69 Å². The Bertz CT molecular complexity index is 615. The Morgan fingerprint density at radius 1 is 1.07 bits per heavy atom. The number of aromatic nitrogens is 2. The second-order valence-corrected chi connectivity index (χ2v) is 8.19. The molecule has 2 saturated heterocycles. The van der Waals surface area contributed by atoms with Gasteiger partial charge in [0.05, 0.1) is 6.54 Å². The lowest BCUT2D eigenvalue weighted by molar-refractivity contribution is 0.0489. The predicted molar refractivity (Wildman–Crippen MR) is 101 cm³/mol. The molecular weight excluding hydrogens is 344 g/mol. The lowest BCUT2D eigenvalue weighted by Gasteiger charge is -2.43. The maximum absolute atomic E-state index is 12.5. The Hall–Kier alpha value is -1.51. The molecule has 0 radical (unpaired) electrons. The van der Waals surface area contributed by atoms with Crippen molar-refractivity contribution in [2.24, 2.45) is 5.92 Å². The predicted octanol–water partition coefficient (Wildman–Crippen LogP) is 0.811. The van der Waals surface area contributed by atoms with E-state index in [1.54, 1.807) is 0 Å². The molecule has 2 aliphatic heterocycles. The van der Waals surface area contributed by atoms with Gasteiger partial charge in [0.1, 0.15) is 0 Å². The number of carbonyl (C=O) groups is 1. The van der Waals surface area contributed by atoms with E-state index in [2.05, 4.69) is 25.3 Å². The number of likely N-dealkylation sites (tertiary alicyclic amines) is 1. The van der Waals surface area contributed by atoms with Crippen LogP contribution in [0.2, 0.25) is 0 Å². The van der Waals surface area contributed by atoms with Crippen molar-refractivity contribution in [3.63, 3.8) is 0 Å². The van der Waals surface area contributed by atoms with Gasteiger partial charge in [0.25, 0.3) is 0 Å². The monoisotopic (exact) mass is 376 g/mol. The first-order valence-electron chi connectivity index (χ1n) is 10.5. The van der Waals surface area contributed by atoms with Crippen LogP contribution in [0.15, 0.2) is 4.42 Å². The Morgan fingerprint density at radius 3 is 2.44 bits per heavy atom. The number of hydrogen-bond donors (Lipinski definition) is 1. The number of rotatable bonds is 6. The molecule has 8 heteroatoms. The van der Waals surface area contributed by atoms with Gasteiger partial charge in [-0.1, -0.05) is 6.42 Å². The van der Waals surface area contributed by atoms with Gasteiger partial charge in [0, 0.05) is 38.8 Å². The molecule has 3 heterocycles. The van der Waals surface area contributed by atoms with Crippen molar-refractivity contribution in [1.82, 2.24) is 30.2 Å². The largest absolute Gasteiger partial charge is 0.415 e. The van der Waals surface area contributed by atoms with Gasteiger partial charge in [-0.15, -0.1) is 10.2 Å². The zero-order valence-corrected chi connectivity index (χ0v) is 16.4. The average Bonchev–Trinajstić information content (AvgIpc) is 3.11. The maximum Gasteiger partial charge on any atom is 0.311 e. The highest BCUT2D eigenvalue weighted by atomic mass is 16.4. The van der Waals surface area contributed by atoms with Crippen molar-refractivity contribution in [3.8, 4) is 0 Å². The van der Waals surface area contributed by atoms with Crippen LogP contribution in [0.25, 0.3) is 0 Å². The number of piperidine rings is 1. The highest BCUT2D eigenvalue weighted by Gasteiger charge is 2.31. The summed E-state index contributed by atoms with van der Waals surface area (Å²) in [4.78, 5) is 19.6. The maximum atomic E-state index is 12.5. The molecule has 4 rings (SSSR count). The summed E-state index contributed by atoms with van der Waals surface area (Å²) in [6.45, 7) is 7.56. The highest BCUT2D eigenvalue weighted by Crippen LogP contribution is 2.29. The topological polar surface area (TPSA) is 77.7 Å². The van der Waals surface area contributed by atoms with Crippen LogP contribution in [0.1, 0.15) is 48.7 Å². The van der Waals surface area contributed by atoms with Crippen molar-refractivity contribution in [2.75, 3.05) is 52.9 Å². The SMILES string of the molecule is CNCc1nnc(C(=O)N2CCN(CC3CCN(C4CCC4)CC3)CC2)o1. The standard InChI is InChI=1S/C19H32N6O2/c1-20-13-17-21-22-18(27-17)19(26)25-11-9-23(10-12-25)14-15-5-7-24(8-6-15)16-3-2-4-16/h15-16,20H,2-14H2,1H3. The van der Waals surface area contributed by atoms with Crippen molar-refractivity contribution in [3.05, 3.63) is 11.8 Å². The first-order valence-corrected chi connectivity index (χ1v) is 10.5. The van der Waals surface area contributed by atoms with Crippen molar-refractivity contribution >= 4 is 5.91 Å². The fourth-order valence-corrected chi connectivity index (χ4v) is 4.45. The molecule has 1 N–H and O–H groups in total. The fourth-order valence-electron chi connectivity index (χ4n) is 4.45. The van der Waals surface area contributed by atoms with Gasteiger partial charge in [-0.05, 0) is 51.7 Å². The molecule has 0 aromatic carbocycles. The molecule has 1 aromatic rings. The molecule has 27 heavy (non-hydrogen) atoms. The lowest BCUT2D eigenvalue weighted by atomic mass is 9.87. The molecule has 1 amide bonds. The van der Waals surface area contributed by atoms with Crippen LogP contribution in [0.4, 0.5) is 0 Å². The van der Waals surface area contributed by atoms with Crippen LogP contribution >= 0.6 is 0 Å². The molecule has 0 bridgehead atoms. The summed E-state index contributed by atoms with van der Waals surface area (Å²) < 4.78 is 5.44. The van der Waals surface area contributed by atoms with E-state index in [0.29, 0.717) is 12.4 Å². The summed E-state index contributed by atoms with van der Waals surface area (Å²) in [7, 11) is 1.81. The second kappa shape index (κ2) is 8.67. The second-order valence-electron chi connectivity index (χ2n) is 8.19. The highest BCUT2D eigenvalue weighted by molar-refractivity contribution is 5.89. The van der Waals surface area contributed by atoms with E-state index in [9.17, 15) is 4.79 Å². The van der Waals surface area contributed by atoms with Gasteiger partial charge in [-0.2, -0.15) is 0 Å². The Morgan fingerprint density at radius 2 is 1.81 bits per heavy atom. The molecule has 150 valence electrons. The summed E-state index contributed by atoms with van der Waals surface area (Å²) in [6.07, 6.45) is 6.90. The number of carbonyl (C=O) groups excluding carboxylic acids is 1. The first-order chi connectivity index (χ1) is 13.2. The van der Waals surface area contributed by atoms with E-state index in [1.807, 2.05) is 11.9 Å². The summed E-state index contributed by atoms with van der Waals surface area (Å²) in [5, 5.41) is 10.7. The van der Waals surface area contributed by atoms with Gasteiger partial charge < -0.3 is 19.5 Å². The molecule has 0 unspecified atom stereocenters. The summed E-state index contributed by atoms with van der Waals surface area (Å²) in [5.74, 6) is 1.23. The number of amides is 1. The van der Waals surface area contributed by atoms with E-state index in [4.69, 9.17) is 4.42 Å². The van der Waals surface area contributed by atoms with Crippen LogP contribution in [0.3, 0.4) is 0 Å². The summed E-state index contributed by atoms with van der Waals surface area (Å²) >= 11 is 0. The number of nitrogens with zero attached hydrogens (tertiary/aromatic N) is 5. The molecule has 3 aliphatic rings. The number of hydrogen-bond acceptors (Lipinski definition) is 7. The van der Waals surface area contributed by atoms with Gasteiger partial charge in [-0.25, -0.2) is 0 Å². The van der Waals surface area contributed by atoms with Crippen molar-refractivity contribution in [1.29, 1.82) is 0 Å². The van der Waals surface area contributed by atoms with Crippen LogP contribution < -0.4 is 5.32 Å². The summed E-state index contributed by atoms with van der Waals surface area (Å²) in [6, 6.07) is 0.888. The van der Waals surface area contributed by atoms with E-state index < -0.39 is 0 Å². The zero-order chi connectivity index (χ0) is 18.6. The van der Waals surface area contributed by atoms with Crippen molar-refractivity contribution < 1.29 is 9.21 Å². The van der Waals surface area contributed by atoms with E-state index in [-0.39, 0.29) is 11.8 Å². The minimum atomic E-state index is -0.140.